The summed E-state index contributed by atoms with van der Waals surface area (Å²) in [5.74, 6) is 0.160. The molecule has 4 heteroatoms. The van der Waals surface area contributed by atoms with Crippen LogP contribution in [-0.4, -0.2) is 21.2 Å². The lowest BCUT2D eigenvalue weighted by Crippen LogP contribution is -2.01. The Hall–Kier alpha value is -2.10. The molecule has 1 aromatic carbocycles. The number of carbonyl (C=O) groups is 1. The highest BCUT2D eigenvalue weighted by molar-refractivity contribution is 5.82. The summed E-state index contributed by atoms with van der Waals surface area (Å²) in [6.07, 6.45) is 4.15. The molecule has 0 amide bonds. The minimum absolute atomic E-state index is 0.00306. The predicted molar refractivity (Wildman–Crippen MR) is 64.7 cm³/mol. The first-order chi connectivity index (χ1) is 8.13. The fourth-order valence-corrected chi connectivity index (χ4v) is 1.80. The summed E-state index contributed by atoms with van der Waals surface area (Å²) < 4.78 is 1.65. The molecule has 1 aromatic heterocycles. The van der Waals surface area contributed by atoms with E-state index in [1.54, 1.807) is 29.2 Å². The largest absolute Gasteiger partial charge is 0.507 e. The van der Waals surface area contributed by atoms with Crippen molar-refractivity contribution in [2.24, 2.45) is 0 Å². The van der Waals surface area contributed by atoms with Crippen LogP contribution in [0, 0.1) is 0 Å². The van der Waals surface area contributed by atoms with E-state index in [1.807, 2.05) is 19.9 Å². The molecular weight excluding hydrogens is 216 g/mol. The second-order valence-electron chi connectivity index (χ2n) is 4.19. The second kappa shape index (κ2) is 4.41. The Balaban J connectivity index is 2.62. The van der Waals surface area contributed by atoms with E-state index in [9.17, 15) is 9.90 Å². The molecule has 0 unspecified atom stereocenters. The number of rotatable bonds is 3. The van der Waals surface area contributed by atoms with Crippen molar-refractivity contribution in [2.45, 2.75) is 19.8 Å². The Morgan fingerprint density at radius 2 is 2.18 bits per heavy atom. The van der Waals surface area contributed by atoms with Crippen molar-refractivity contribution in [3.63, 3.8) is 0 Å². The standard InChI is InChI=1S/C13H14N2O2/c1-9(2)11-6-10(15-5-3-4-14-15)7-13(17)12(11)8-16/h3-9,17H,1-2H3. The van der Waals surface area contributed by atoms with Crippen LogP contribution in [-0.2, 0) is 0 Å². The van der Waals surface area contributed by atoms with Gasteiger partial charge in [0.2, 0.25) is 0 Å². The molecule has 2 aromatic rings. The molecule has 0 saturated carbocycles. The first-order valence-electron chi connectivity index (χ1n) is 5.45. The molecule has 1 N–H and O–H groups in total. The van der Waals surface area contributed by atoms with Crippen LogP contribution in [0.1, 0.15) is 35.7 Å². The lowest BCUT2D eigenvalue weighted by Gasteiger charge is -2.13. The average Bonchev–Trinajstić information content (AvgIpc) is 2.81. The maximum atomic E-state index is 11.0. The lowest BCUT2D eigenvalue weighted by atomic mass is 9.96. The number of phenolic OH excluding ortho intramolecular Hbond substituents is 1. The highest BCUT2D eigenvalue weighted by atomic mass is 16.3. The van der Waals surface area contributed by atoms with Crippen molar-refractivity contribution in [1.82, 2.24) is 9.78 Å². The van der Waals surface area contributed by atoms with Crippen LogP contribution >= 0.6 is 0 Å². The summed E-state index contributed by atoms with van der Waals surface area (Å²) in [6, 6.07) is 5.23. The third-order valence-corrected chi connectivity index (χ3v) is 2.68. The number of phenols is 1. The van der Waals surface area contributed by atoms with E-state index < -0.39 is 0 Å². The van der Waals surface area contributed by atoms with Gasteiger partial charge in [0.05, 0.1) is 11.3 Å². The molecule has 0 aliphatic heterocycles. The molecule has 2 rings (SSSR count). The first kappa shape index (κ1) is 11.4. The van der Waals surface area contributed by atoms with Crippen molar-refractivity contribution in [1.29, 1.82) is 0 Å². The van der Waals surface area contributed by atoms with Gasteiger partial charge < -0.3 is 5.11 Å². The van der Waals surface area contributed by atoms with Gasteiger partial charge in [0, 0.05) is 18.5 Å². The summed E-state index contributed by atoms with van der Waals surface area (Å²) in [5, 5.41) is 13.9. The maximum Gasteiger partial charge on any atom is 0.154 e. The topological polar surface area (TPSA) is 55.1 Å². The first-order valence-corrected chi connectivity index (χ1v) is 5.45. The molecule has 0 spiro atoms. The van der Waals surface area contributed by atoms with Crippen LogP contribution in [0.4, 0.5) is 0 Å². The zero-order chi connectivity index (χ0) is 12.4. The Labute approximate surface area is 99.5 Å². The van der Waals surface area contributed by atoms with E-state index in [0.717, 1.165) is 11.3 Å². The van der Waals surface area contributed by atoms with Gasteiger partial charge in [0.15, 0.2) is 6.29 Å². The van der Waals surface area contributed by atoms with E-state index in [-0.39, 0.29) is 11.7 Å². The van der Waals surface area contributed by atoms with Gasteiger partial charge in [0.1, 0.15) is 5.75 Å². The molecule has 1 heterocycles. The summed E-state index contributed by atoms with van der Waals surface area (Å²) in [6.45, 7) is 3.96. The van der Waals surface area contributed by atoms with Gasteiger partial charge in [-0.3, -0.25) is 4.79 Å². The summed E-state index contributed by atoms with van der Waals surface area (Å²) in [4.78, 5) is 11.0. The summed E-state index contributed by atoms with van der Waals surface area (Å²) >= 11 is 0. The quantitative estimate of drug-likeness (QED) is 0.824. The molecule has 4 nitrogen and oxygen atoms in total. The van der Waals surface area contributed by atoms with Crippen molar-refractivity contribution in [3.8, 4) is 11.4 Å². The van der Waals surface area contributed by atoms with Gasteiger partial charge in [-0.1, -0.05) is 13.8 Å². The molecule has 0 bridgehead atoms. The summed E-state index contributed by atoms with van der Waals surface area (Å²) in [7, 11) is 0. The van der Waals surface area contributed by atoms with Crippen LogP contribution in [0.5, 0.6) is 5.75 Å². The number of aldehydes is 1. The summed E-state index contributed by atoms with van der Waals surface area (Å²) in [5.41, 5.74) is 1.93. The number of aromatic hydroxyl groups is 1. The van der Waals surface area contributed by atoms with Gasteiger partial charge in [-0.25, -0.2) is 4.68 Å². The third kappa shape index (κ3) is 2.06. The zero-order valence-electron chi connectivity index (χ0n) is 9.79. The van der Waals surface area contributed by atoms with Crippen molar-refractivity contribution in [3.05, 3.63) is 41.7 Å². The zero-order valence-corrected chi connectivity index (χ0v) is 9.79. The molecule has 0 radical (unpaired) electrons. The number of nitrogens with zero attached hydrogens (tertiary/aromatic N) is 2. The molecule has 0 fully saturated rings. The van der Waals surface area contributed by atoms with Crippen LogP contribution in [0.25, 0.3) is 5.69 Å². The van der Waals surface area contributed by atoms with Crippen LogP contribution in [0.2, 0.25) is 0 Å². The average molecular weight is 230 g/mol. The van der Waals surface area contributed by atoms with Gasteiger partial charge >= 0.3 is 0 Å². The van der Waals surface area contributed by atoms with E-state index in [2.05, 4.69) is 5.10 Å². The fraction of sp³-hybridized carbons (Fsp3) is 0.231. The minimum atomic E-state index is -0.00306. The normalized spacial score (nSPS) is 10.8. The molecule has 0 aliphatic carbocycles. The van der Waals surface area contributed by atoms with Crippen LogP contribution in [0.3, 0.4) is 0 Å². The second-order valence-corrected chi connectivity index (χ2v) is 4.19. The van der Waals surface area contributed by atoms with Gasteiger partial charge in [0.25, 0.3) is 0 Å². The lowest BCUT2D eigenvalue weighted by molar-refractivity contribution is 0.112. The van der Waals surface area contributed by atoms with E-state index in [0.29, 0.717) is 11.8 Å². The van der Waals surface area contributed by atoms with Gasteiger partial charge in [-0.15, -0.1) is 0 Å². The monoisotopic (exact) mass is 230 g/mol. The van der Waals surface area contributed by atoms with Crippen molar-refractivity contribution < 1.29 is 9.90 Å². The minimum Gasteiger partial charge on any atom is -0.507 e. The highest BCUT2D eigenvalue weighted by Gasteiger charge is 2.13. The highest BCUT2D eigenvalue weighted by Crippen LogP contribution is 2.29. The fourth-order valence-electron chi connectivity index (χ4n) is 1.80. The number of carbonyl (C=O) groups excluding carboxylic acids is 1. The molecule has 0 aliphatic rings. The van der Waals surface area contributed by atoms with E-state index in [4.69, 9.17) is 0 Å². The number of benzene rings is 1. The molecule has 0 saturated heterocycles. The molecular formula is C13H14N2O2. The number of hydrogen-bond donors (Lipinski definition) is 1. The van der Waals surface area contributed by atoms with Crippen LogP contribution in [0.15, 0.2) is 30.6 Å². The predicted octanol–water partition coefficient (Wildman–Crippen LogP) is 2.51. The van der Waals surface area contributed by atoms with E-state index in [1.165, 1.54) is 0 Å². The number of hydrogen-bond acceptors (Lipinski definition) is 3. The van der Waals surface area contributed by atoms with Gasteiger partial charge in [-0.2, -0.15) is 5.10 Å². The Bertz CT molecular complexity index is 531. The molecule has 17 heavy (non-hydrogen) atoms. The maximum absolute atomic E-state index is 11.0. The van der Waals surface area contributed by atoms with E-state index >= 15 is 0 Å². The Morgan fingerprint density at radius 1 is 1.41 bits per heavy atom. The smallest absolute Gasteiger partial charge is 0.154 e. The molecule has 88 valence electrons. The van der Waals surface area contributed by atoms with Crippen molar-refractivity contribution in [2.75, 3.05) is 0 Å². The van der Waals surface area contributed by atoms with Crippen molar-refractivity contribution >= 4 is 6.29 Å². The van der Waals surface area contributed by atoms with Crippen LogP contribution < -0.4 is 0 Å². The Kier molecular flexibility index (Phi) is 2.95. The molecule has 0 atom stereocenters. The van der Waals surface area contributed by atoms with Gasteiger partial charge in [-0.05, 0) is 23.6 Å². The SMILES string of the molecule is CC(C)c1cc(-n2cccn2)cc(O)c1C=O. The number of aromatic nitrogens is 2. The Morgan fingerprint density at radius 3 is 2.71 bits per heavy atom. The third-order valence-electron chi connectivity index (χ3n) is 2.68.